The van der Waals surface area contributed by atoms with E-state index in [1.54, 1.807) is 29.3 Å². The number of nitrogens with one attached hydrogen (secondary N) is 1. The standard InChI is InChI=1S/C23H22N4O2S/c1-16-25-19(15-30-16)12-24-23(28)21-14-27(13-17-7-4-3-5-8-17)26-22(21)18-9-6-10-20(11-18)29-2/h3-11,14-15H,12-13H2,1-2H3,(H,24,28). The van der Waals surface area contributed by atoms with Crippen LogP contribution in [0.3, 0.4) is 0 Å². The fourth-order valence-electron chi connectivity index (χ4n) is 3.18. The average Bonchev–Trinajstić information content (AvgIpc) is 3.39. The second-order valence-corrected chi connectivity index (χ2v) is 7.91. The predicted molar refractivity (Wildman–Crippen MR) is 118 cm³/mol. The molecule has 0 fully saturated rings. The summed E-state index contributed by atoms with van der Waals surface area (Å²) in [4.78, 5) is 17.4. The molecule has 0 saturated carbocycles. The van der Waals surface area contributed by atoms with Crippen LogP contribution in [0.15, 0.2) is 66.2 Å². The number of carbonyl (C=O) groups is 1. The molecule has 4 rings (SSSR count). The normalized spacial score (nSPS) is 10.7. The molecule has 0 atom stereocenters. The van der Waals surface area contributed by atoms with Crippen LogP contribution in [0.5, 0.6) is 5.75 Å². The first kappa shape index (κ1) is 19.8. The SMILES string of the molecule is COc1cccc(-c2nn(Cc3ccccc3)cc2C(=O)NCc2csc(C)n2)c1. The Bertz CT molecular complexity index is 1150. The summed E-state index contributed by atoms with van der Waals surface area (Å²) in [7, 11) is 1.62. The predicted octanol–water partition coefficient (Wildman–Crippen LogP) is 4.30. The van der Waals surface area contributed by atoms with E-state index in [4.69, 9.17) is 9.84 Å². The summed E-state index contributed by atoms with van der Waals surface area (Å²) in [5, 5.41) is 10.6. The van der Waals surface area contributed by atoms with Crippen LogP contribution >= 0.6 is 11.3 Å². The molecule has 0 radical (unpaired) electrons. The minimum Gasteiger partial charge on any atom is -0.497 e. The Balaban J connectivity index is 1.64. The van der Waals surface area contributed by atoms with Crippen molar-refractivity contribution in [2.75, 3.05) is 7.11 Å². The molecule has 2 aromatic heterocycles. The molecule has 0 aliphatic heterocycles. The van der Waals surface area contributed by atoms with E-state index in [9.17, 15) is 4.79 Å². The molecule has 0 aliphatic rings. The van der Waals surface area contributed by atoms with E-state index in [2.05, 4.69) is 10.3 Å². The van der Waals surface area contributed by atoms with E-state index >= 15 is 0 Å². The number of hydrogen-bond acceptors (Lipinski definition) is 5. The van der Waals surface area contributed by atoms with Crippen LogP contribution in [0.4, 0.5) is 0 Å². The van der Waals surface area contributed by atoms with Gasteiger partial charge in [-0.25, -0.2) is 4.98 Å². The fraction of sp³-hybridized carbons (Fsp3) is 0.174. The van der Waals surface area contributed by atoms with Gasteiger partial charge in [0.15, 0.2) is 0 Å². The lowest BCUT2D eigenvalue weighted by molar-refractivity contribution is 0.0951. The summed E-state index contributed by atoms with van der Waals surface area (Å²) < 4.78 is 7.14. The Kier molecular flexibility index (Phi) is 5.90. The summed E-state index contributed by atoms with van der Waals surface area (Å²) >= 11 is 1.57. The first-order valence-electron chi connectivity index (χ1n) is 9.57. The van der Waals surface area contributed by atoms with Gasteiger partial charge in [0.25, 0.3) is 5.91 Å². The molecule has 152 valence electrons. The zero-order chi connectivity index (χ0) is 20.9. The number of hydrogen-bond donors (Lipinski definition) is 1. The Morgan fingerprint density at radius 1 is 1.17 bits per heavy atom. The van der Waals surface area contributed by atoms with E-state index in [0.717, 1.165) is 27.6 Å². The minimum absolute atomic E-state index is 0.183. The molecule has 0 bridgehead atoms. The smallest absolute Gasteiger partial charge is 0.255 e. The molecule has 0 unspecified atom stereocenters. The summed E-state index contributed by atoms with van der Waals surface area (Å²) in [6, 6.07) is 17.6. The number of aromatic nitrogens is 3. The van der Waals surface area contributed by atoms with Gasteiger partial charge in [-0.15, -0.1) is 11.3 Å². The highest BCUT2D eigenvalue weighted by Gasteiger charge is 2.19. The number of amides is 1. The van der Waals surface area contributed by atoms with Crippen LogP contribution in [0, 0.1) is 6.92 Å². The van der Waals surface area contributed by atoms with Crippen molar-refractivity contribution < 1.29 is 9.53 Å². The van der Waals surface area contributed by atoms with Gasteiger partial charge in [-0.1, -0.05) is 42.5 Å². The highest BCUT2D eigenvalue weighted by molar-refractivity contribution is 7.09. The van der Waals surface area contributed by atoms with Gasteiger partial charge >= 0.3 is 0 Å². The number of thiazole rings is 1. The van der Waals surface area contributed by atoms with Crippen LogP contribution in [0.25, 0.3) is 11.3 Å². The average molecular weight is 419 g/mol. The molecule has 0 saturated heterocycles. The molecular weight excluding hydrogens is 396 g/mol. The number of benzene rings is 2. The van der Waals surface area contributed by atoms with Crippen molar-refractivity contribution in [1.29, 1.82) is 0 Å². The quantitative estimate of drug-likeness (QED) is 0.486. The monoisotopic (exact) mass is 418 g/mol. The number of nitrogens with zero attached hydrogens (tertiary/aromatic N) is 3. The molecule has 1 N–H and O–H groups in total. The molecule has 2 aromatic carbocycles. The maximum atomic E-state index is 13.0. The van der Waals surface area contributed by atoms with Crippen LogP contribution in [-0.4, -0.2) is 27.8 Å². The van der Waals surface area contributed by atoms with Gasteiger partial charge in [0, 0.05) is 17.1 Å². The lowest BCUT2D eigenvalue weighted by Crippen LogP contribution is -2.23. The van der Waals surface area contributed by atoms with Crippen LogP contribution in [0.2, 0.25) is 0 Å². The summed E-state index contributed by atoms with van der Waals surface area (Å²) in [5.74, 6) is 0.534. The molecule has 1 amide bonds. The van der Waals surface area contributed by atoms with Crippen molar-refractivity contribution in [2.24, 2.45) is 0 Å². The molecule has 2 heterocycles. The fourth-order valence-corrected chi connectivity index (χ4v) is 3.79. The van der Waals surface area contributed by atoms with Crippen LogP contribution in [0.1, 0.15) is 26.6 Å². The van der Waals surface area contributed by atoms with Crippen molar-refractivity contribution in [1.82, 2.24) is 20.1 Å². The number of aryl methyl sites for hydroxylation is 1. The molecular formula is C23H22N4O2S. The van der Waals surface area contributed by atoms with E-state index < -0.39 is 0 Å². The van der Waals surface area contributed by atoms with Crippen molar-refractivity contribution in [3.63, 3.8) is 0 Å². The highest BCUT2D eigenvalue weighted by Crippen LogP contribution is 2.26. The third-order valence-electron chi connectivity index (χ3n) is 4.63. The van der Waals surface area contributed by atoms with Gasteiger partial charge in [-0.05, 0) is 24.6 Å². The molecule has 6 nitrogen and oxygen atoms in total. The zero-order valence-electron chi connectivity index (χ0n) is 16.8. The van der Waals surface area contributed by atoms with Gasteiger partial charge in [0.1, 0.15) is 11.4 Å². The molecule has 4 aromatic rings. The molecule has 0 aliphatic carbocycles. The number of rotatable bonds is 7. The lowest BCUT2D eigenvalue weighted by Gasteiger charge is -2.05. The van der Waals surface area contributed by atoms with E-state index in [1.807, 2.05) is 66.9 Å². The minimum atomic E-state index is -0.183. The van der Waals surface area contributed by atoms with Crippen LogP contribution in [-0.2, 0) is 13.1 Å². The van der Waals surface area contributed by atoms with Crippen molar-refractivity contribution in [3.05, 3.63) is 88.0 Å². The number of carbonyl (C=O) groups excluding carboxylic acids is 1. The highest BCUT2D eigenvalue weighted by atomic mass is 32.1. The van der Waals surface area contributed by atoms with Crippen molar-refractivity contribution in [2.45, 2.75) is 20.0 Å². The van der Waals surface area contributed by atoms with Gasteiger partial charge in [-0.3, -0.25) is 9.48 Å². The first-order chi connectivity index (χ1) is 14.6. The van der Waals surface area contributed by atoms with Crippen molar-refractivity contribution in [3.8, 4) is 17.0 Å². The van der Waals surface area contributed by atoms with Gasteiger partial charge in [-0.2, -0.15) is 5.10 Å². The molecule has 7 heteroatoms. The zero-order valence-corrected chi connectivity index (χ0v) is 17.6. The number of ether oxygens (including phenoxy) is 1. The second-order valence-electron chi connectivity index (χ2n) is 6.85. The lowest BCUT2D eigenvalue weighted by atomic mass is 10.1. The van der Waals surface area contributed by atoms with Crippen molar-refractivity contribution >= 4 is 17.2 Å². The molecule has 30 heavy (non-hydrogen) atoms. The molecule has 0 spiro atoms. The third-order valence-corrected chi connectivity index (χ3v) is 5.46. The third kappa shape index (κ3) is 4.58. The summed E-state index contributed by atoms with van der Waals surface area (Å²) in [6.45, 7) is 2.91. The van der Waals surface area contributed by atoms with Crippen LogP contribution < -0.4 is 10.1 Å². The summed E-state index contributed by atoms with van der Waals surface area (Å²) in [5.41, 5.74) is 3.94. The van der Waals surface area contributed by atoms with E-state index in [0.29, 0.717) is 24.3 Å². The Morgan fingerprint density at radius 3 is 2.73 bits per heavy atom. The first-order valence-corrected chi connectivity index (χ1v) is 10.5. The topological polar surface area (TPSA) is 69.0 Å². The van der Waals surface area contributed by atoms with E-state index in [-0.39, 0.29) is 5.91 Å². The second kappa shape index (κ2) is 8.92. The van der Waals surface area contributed by atoms with Gasteiger partial charge < -0.3 is 10.1 Å². The Morgan fingerprint density at radius 2 is 2.00 bits per heavy atom. The maximum absolute atomic E-state index is 13.0. The van der Waals surface area contributed by atoms with Gasteiger partial charge in [0.05, 0.1) is 36.5 Å². The largest absolute Gasteiger partial charge is 0.497 e. The van der Waals surface area contributed by atoms with Gasteiger partial charge in [0.2, 0.25) is 0 Å². The Labute approximate surface area is 179 Å². The number of methoxy groups -OCH3 is 1. The maximum Gasteiger partial charge on any atom is 0.255 e. The van der Waals surface area contributed by atoms with E-state index in [1.165, 1.54) is 0 Å². The summed E-state index contributed by atoms with van der Waals surface area (Å²) in [6.07, 6.45) is 1.80. The Hall–Kier alpha value is -3.45.